The van der Waals surface area contributed by atoms with Gasteiger partial charge < -0.3 is 9.47 Å². The first-order chi connectivity index (χ1) is 12.2. The zero-order valence-electron chi connectivity index (χ0n) is 14.8. The predicted molar refractivity (Wildman–Crippen MR) is 96.8 cm³/mol. The Bertz CT molecular complexity index is 834. The van der Waals surface area contributed by atoms with Gasteiger partial charge in [-0.05, 0) is 55.0 Å². The van der Waals surface area contributed by atoms with Crippen LogP contribution in [0.2, 0.25) is 0 Å². The second kappa shape index (κ2) is 6.29. The zero-order valence-corrected chi connectivity index (χ0v) is 14.8. The molecule has 3 heteroatoms. The molecule has 4 rings (SSSR count). The van der Waals surface area contributed by atoms with Gasteiger partial charge in [-0.3, -0.25) is 0 Å². The van der Waals surface area contributed by atoms with Crippen molar-refractivity contribution in [2.75, 3.05) is 6.61 Å². The standard InChI is InChI=1S/C22H23NO2/c1-3-19-5-4-10-24-22(19)21-12-20(16-8-6-15(2)7-9-16)17(13-23)11-18(21)14-25-22/h6-9,11-12,19H,3-5,10,14H2,1-2H3. The molecular weight excluding hydrogens is 310 g/mol. The van der Waals surface area contributed by atoms with Crippen molar-refractivity contribution in [3.63, 3.8) is 0 Å². The Kier molecular flexibility index (Phi) is 4.11. The third kappa shape index (κ3) is 2.57. The topological polar surface area (TPSA) is 42.2 Å². The van der Waals surface area contributed by atoms with Gasteiger partial charge in [0.1, 0.15) is 0 Å². The van der Waals surface area contributed by atoms with Crippen LogP contribution in [0.3, 0.4) is 0 Å². The number of benzene rings is 2. The molecule has 2 aromatic carbocycles. The first-order valence-electron chi connectivity index (χ1n) is 9.10. The van der Waals surface area contributed by atoms with Gasteiger partial charge >= 0.3 is 0 Å². The minimum Gasteiger partial charge on any atom is -0.346 e. The smallest absolute Gasteiger partial charge is 0.198 e. The van der Waals surface area contributed by atoms with E-state index < -0.39 is 5.79 Å². The number of hydrogen-bond donors (Lipinski definition) is 0. The van der Waals surface area contributed by atoms with Crippen molar-refractivity contribution in [2.24, 2.45) is 5.92 Å². The molecule has 2 heterocycles. The highest BCUT2D eigenvalue weighted by atomic mass is 16.7. The van der Waals surface area contributed by atoms with E-state index in [4.69, 9.17) is 9.47 Å². The molecule has 1 spiro atoms. The van der Waals surface area contributed by atoms with E-state index in [0.29, 0.717) is 18.1 Å². The van der Waals surface area contributed by atoms with Crippen molar-refractivity contribution in [1.29, 1.82) is 5.26 Å². The number of fused-ring (bicyclic) bond motifs is 2. The molecule has 2 aliphatic heterocycles. The molecular formula is C22H23NO2. The summed E-state index contributed by atoms with van der Waals surface area (Å²) in [5, 5.41) is 9.64. The van der Waals surface area contributed by atoms with E-state index >= 15 is 0 Å². The summed E-state index contributed by atoms with van der Waals surface area (Å²) >= 11 is 0. The monoisotopic (exact) mass is 333 g/mol. The van der Waals surface area contributed by atoms with Gasteiger partial charge in [-0.25, -0.2) is 0 Å². The molecule has 2 aliphatic rings. The van der Waals surface area contributed by atoms with Crippen LogP contribution in [-0.2, 0) is 21.9 Å². The summed E-state index contributed by atoms with van der Waals surface area (Å²) in [5.74, 6) is -0.267. The van der Waals surface area contributed by atoms with Crippen LogP contribution in [0.25, 0.3) is 11.1 Å². The minimum atomic E-state index is -0.629. The maximum Gasteiger partial charge on any atom is 0.198 e. The molecule has 0 N–H and O–H groups in total. The Hall–Kier alpha value is -2.15. The average Bonchev–Trinajstić information content (AvgIpc) is 3.00. The Balaban J connectivity index is 1.87. The van der Waals surface area contributed by atoms with Crippen LogP contribution >= 0.6 is 0 Å². The Morgan fingerprint density at radius 1 is 1.20 bits per heavy atom. The van der Waals surface area contributed by atoms with E-state index in [1.54, 1.807) is 0 Å². The van der Waals surface area contributed by atoms with Gasteiger partial charge in [0, 0.05) is 11.5 Å². The van der Waals surface area contributed by atoms with Crippen LogP contribution in [0.1, 0.15) is 48.4 Å². The summed E-state index contributed by atoms with van der Waals surface area (Å²) in [6, 6.07) is 14.8. The van der Waals surface area contributed by atoms with Crippen LogP contribution in [-0.4, -0.2) is 6.61 Å². The molecule has 0 aliphatic carbocycles. The lowest BCUT2D eigenvalue weighted by Crippen LogP contribution is -2.41. The SMILES string of the molecule is CCC1CCCOC12OCc1cc(C#N)c(-c3ccc(C)cc3)cc12. The molecule has 1 saturated heterocycles. The van der Waals surface area contributed by atoms with E-state index in [-0.39, 0.29) is 0 Å². The highest BCUT2D eigenvalue weighted by Gasteiger charge is 2.49. The van der Waals surface area contributed by atoms with Crippen LogP contribution in [0.5, 0.6) is 0 Å². The third-order valence-electron chi connectivity index (χ3n) is 5.59. The van der Waals surface area contributed by atoms with Crippen molar-refractivity contribution < 1.29 is 9.47 Å². The van der Waals surface area contributed by atoms with Crippen LogP contribution < -0.4 is 0 Å². The van der Waals surface area contributed by atoms with E-state index in [1.807, 2.05) is 6.07 Å². The van der Waals surface area contributed by atoms with Gasteiger partial charge in [0.25, 0.3) is 0 Å². The Labute approximate surface area is 149 Å². The molecule has 0 amide bonds. The highest BCUT2D eigenvalue weighted by Crippen LogP contribution is 2.49. The first-order valence-corrected chi connectivity index (χ1v) is 9.10. The molecule has 128 valence electrons. The fourth-order valence-electron chi connectivity index (χ4n) is 4.21. The van der Waals surface area contributed by atoms with Crippen molar-refractivity contribution in [3.05, 3.63) is 58.7 Å². The number of nitriles is 1. The maximum atomic E-state index is 9.64. The maximum absolute atomic E-state index is 9.64. The summed E-state index contributed by atoms with van der Waals surface area (Å²) in [4.78, 5) is 0. The number of hydrogen-bond acceptors (Lipinski definition) is 3. The predicted octanol–water partition coefficient (Wildman–Crippen LogP) is 5.05. The van der Waals surface area contributed by atoms with Crippen LogP contribution in [0.4, 0.5) is 0 Å². The summed E-state index contributed by atoms with van der Waals surface area (Å²) < 4.78 is 12.5. The average molecular weight is 333 g/mol. The largest absolute Gasteiger partial charge is 0.346 e. The minimum absolute atomic E-state index is 0.362. The number of ether oxygens (including phenoxy) is 2. The summed E-state index contributed by atoms with van der Waals surface area (Å²) in [6.07, 6.45) is 3.23. The van der Waals surface area contributed by atoms with E-state index in [0.717, 1.165) is 48.1 Å². The molecule has 25 heavy (non-hydrogen) atoms. The van der Waals surface area contributed by atoms with E-state index in [9.17, 15) is 5.26 Å². The van der Waals surface area contributed by atoms with E-state index in [2.05, 4.69) is 50.2 Å². The van der Waals surface area contributed by atoms with Gasteiger partial charge in [0.2, 0.25) is 0 Å². The van der Waals surface area contributed by atoms with E-state index in [1.165, 1.54) is 5.56 Å². The van der Waals surface area contributed by atoms with Crippen molar-refractivity contribution in [2.45, 2.75) is 45.5 Å². The number of rotatable bonds is 2. The molecule has 0 aromatic heterocycles. The molecule has 0 radical (unpaired) electrons. The summed E-state index contributed by atoms with van der Waals surface area (Å²) in [5.41, 5.74) is 6.16. The molecule has 3 nitrogen and oxygen atoms in total. The molecule has 2 aromatic rings. The summed E-state index contributed by atoms with van der Waals surface area (Å²) in [7, 11) is 0. The summed E-state index contributed by atoms with van der Waals surface area (Å²) in [6.45, 7) is 5.53. The van der Waals surface area contributed by atoms with Gasteiger partial charge in [0.15, 0.2) is 5.79 Å². The number of aryl methyl sites for hydroxylation is 1. The fraction of sp³-hybridized carbons (Fsp3) is 0.409. The zero-order chi connectivity index (χ0) is 17.4. The number of nitrogens with zero attached hydrogens (tertiary/aromatic N) is 1. The second-order valence-electron chi connectivity index (χ2n) is 7.08. The molecule has 2 unspecified atom stereocenters. The molecule has 2 atom stereocenters. The lowest BCUT2D eigenvalue weighted by atomic mass is 9.82. The van der Waals surface area contributed by atoms with Crippen LogP contribution in [0.15, 0.2) is 36.4 Å². The van der Waals surface area contributed by atoms with Gasteiger partial charge in [0.05, 0.1) is 24.8 Å². The lowest BCUT2D eigenvalue weighted by Gasteiger charge is -2.40. The third-order valence-corrected chi connectivity index (χ3v) is 5.59. The first kappa shape index (κ1) is 16.3. The van der Waals surface area contributed by atoms with Crippen LogP contribution in [0, 0.1) is 24.2 Å². The van der Waals surface area contributed by atoms with Gasteiger partial charge in [-0.1, -0.05) is 36.8 Å². The normalized spacial score (nSPS) is 24.9. The van der Waals surface area contributed by atoms with Crippen molar-refractivity contribution >= 4 is 0 Å². The Morgan fingerprint density at radius 2 is 2.00 bits per heavy atom. The molecule has 0 saturated carbocycles. The quantitative estimate of drug-likeness (QED) is 0.772. The van der Waals surface area contributed by atoms with Crippen molar-refractivity contribution in [1.82, 2.24) is 0 Å². The molecule has 1 fully saturated rings. The lowest BCUT2D eigenvalue weighted by molar-refractivity contribution is -0.288. The second-order valence-corrected chi connectivity index (χ2v) is 7.08. The fourth-order valence-corrected chi connectivity index (χ4v) is 4.21. The van der Waals surface area contributed by atoms with Crippen molar-refractivity contribution in [3.8, 4) is 17.2 Å². The Morgan fingerprint density at radius 3 is 2.72 bits per heavy atom. The van der Waals surface area contributed by atoms with Gasteiger partial charge in [-0.15, -0.1) is 0 Å². The van der Waals surface area contributed by atoms with Gasteiger partial charge in [-0.2, -0.15) is 5.26 Å². The highest BCUT2D eigenvalue weighted by molar-refractivity contribution is 5.73. The molecule has 0 bridgehead atoms.